The summed E-state index contributed by atoms with van der Waals surface area (Å²) in [5, 5.41) is 3.09. The molecule has 3 aromatic rings. The number of anilines is 1. The van der Waals surface area contributed by atoms with Gasteiger partial charge in [-0.2, -0.15) is 0 Å². The lowest BCUT2D eigenvalue weighted by Gasteiger charge is -2.34. The molecule has 200 valence electrons. The maximum Gasteiger partial charge on any atom is 0.224 e. The lowest BCUT2D eigenvalue weighted by molar-refractivity contribution is -0.132. The largest absolute Gasteiger partial charge is 0.343 e. The molecule has 2 amide bonds. The van der Waals surface area contributed by atoms with Crippen LogP contribution in [0.15, 0.2) is 66.9 Å². The molecule has 1 fully saturated rings. The SMILES string of the molecule is CCC(=O)N(C)[C@H]1CC[C@H](CC(=O)Nc2cnc(-c3ccc(C(C)(C)N)cc3)c(-c3ccccc3)c2)CC1. The fourth-order valence-electron chi connectivity index (χ4n) is 5.32. The molecule has 1 aliphatic rings. The first-order valence-electron chi connectivity index (χ1n) is 13.7. The Bertz CT molecular complexity index is 1240. The monoisotopic (exact) mass is 512 g/mol. The van der Waals surface area contributed by atoms with E-state index in [1.165, 1.54) is 0 Å². The third kappa shape index (κ3) is 6.67. The molecular formula is C32H40N4O2. The Morgan fingerprint density at radius 2 is 1.66 bits per heavy atom. The number of aromatic nitrogens is 1. The van der Waals surface area contributed by atoms with E-state index >= 15 is 0 Å². The second-order valence-electron chi connectivity index (χ2n) is 11.1. The lowest BCUT2D eigenvalue weighted by atomic mass is 9.83. The van der Waals surface area contributed by atoms with Crippen LogP contribution >= 0.6 is 0 Å². The molecule has 0 radical (unpaired) electrons. The first-order valence-corrected chi connectivity index (χ1v) is 13.7. The summed E-state index contributed by atoms with van der Waals surface area (Å²) in [6.07, 6.45) is 6.58. The van der Waals surface area contributed by atoms with Gasteiger partial charge in [0.15, 0.2) is 0 Å². The van der Waals surface area contributed by atoms with Crippen molar-refractivity contribution < 1.29 is 9.59 Å². The second kappa shape index (κ2) is 11.9. The van der Waals surface area contributed by atoms with Crippen LogP contribution in [0, 0.1) is 5.92 Å². The molecule has 1 saturated carbocycles. The molecule has 38 heavy (non-hydrogen) atoms. The number of carbonyl (C=O) groups excluding carboxylic acids is 2. The summed E-state index contributed by atoms with van der Waals surface area (Å²) >= 11 is 0. The maximum atomic E-state index is 13.0. The molecular weight excluding hydrogens is 472 g/mol. The summed E-state index contributed by atoms with van der Waals surface area (Å²) < 4.78 is 0. The van der Waals surface area contributed by atoms with Gasteiger partial charge in [-0.15, -0.1) is 0 Å². The highest BCUT2D eigenvalue weighted by Gasteiger charge is 2.27. The maximum absolute atomic E-state index is 13.0. The Morgan fingerprint density at radius 1 is 1.00 bits per heavy atom. The Kier molecular flexibility index (Phi) is 8.62. The summed E-state index contributed by atoms with van der Waals surface area (Å²) in [6.45, 7) is 5.88. The summed E-state index contributed by atoms with van der Waals surface area (Å²) in [7, 11) is 1.90. The van der Waals surface area contributed by atoms with Gasteiger partial charge in [-0.1, -0.05) is 61.5 Å². The predicted octanol–water partition coefficient (Wildman–Crippen LogP) is 6.37. The zero-order valence-electron chi connectivity index (χ0n) is 23.0. The zero-order chi connectivity index (χ0) is 27.3. The van der Waals surface area contributed by atoms with E-state index in [1.54, 1.807) is 6.20 Å². The molecule has 2 aromatic carbocycles. The van der Waals surface area contributed by atoms with Gasteiger partial charge in [-0.05, 0) is 62.6 Å². The van der Waals surface area contributed by atoms with Gasteiger partial charge < -0.3 is 16.0 Å². The van der Waals surface area contributed by atoms with Crippen LogP contribution in [0.1, 0.15) is 64.9 Å². The molecule has 0 saturated heterocycles. The van der Waals surface area contributed by atoms with Crippen LogP contribution in [0.5, 0.6) is 0 Å². The third-order valence-electron chi connectivity index (χ3n) is 7.69. The highest BCUT2D eigenvalue weighted by atomic mass is 16.2. The molecule has 6 heteroatoms. The number of rotatable bonds is 8. The van der Waals surface area contributed by atoms with Crippen LogP contribution in [-0.2, 0) is 15.1 Å². The van der Waals surface area contributed by atoms with E-state index in [1.807, 2.05) is 69.1 Å². The number of pyridine rings is 1. The van der Waals surface area contributed by atoms with Crippen LogP contribution in [0.3, 0.4) is 0 Å². The molecule has 6 nitrogen and oxygen atoms in total. The number of amides is 2. The first kappa shape index (κ1) is 27.5. The lowest BCUT2D eigenvalue weighted by Crippen LogP contribution is -2.39. The van der Waals surface area contributed by atoms with Crippen molar-refractivity contribution in [3.05, 3.63) is 72.4 Å². The Morgan fingerprint density at radius 3 is 2.26 bits per heavy atom. The molecule has 1 heterocycles. The van der Waals surface area contributed by atoms with Crippen molar-refractivity contribution in [3.63, 3.8) is 0 Å². The second-order valence-corrected chi connectivity index (χ2v) is 11.1. The minimum atomic E-state index is -0.412. The molecule has 3 N–H and O–H groups in total. The molecule has 0 atom stereocenters. The summed E-state index contributed by atoms with van der Waals surface area (Å²) in [5.41, 5.74) is 11.5. The average molecular weight is 513 g/mol. The summed E-state index contributed by atoms with van der Waals surface area (Å²) in [4.78, 5) is 31.7. The van der Waals surface area contributed by atoms with E-state index in [9.17, 15) is 9.59 Å². The van der Waals surface area contributed by atoms with Crippen molar-refractivity contribution in [1.29, 1.82) is 0 Å². The highest BCUT2D eigenvalue weighted by Crippen LogP contribution is 2.34. The van der Waals surface area contributed by atoms with Crippen LogP contribution in [0.2, 0.25) is 0 Å². The molecule has 1 aromatic heterocycles. The van der Waals surface area contributed by atoms with Crippen molar-refractivity contribution in [3.8, 4) is 22.4 Å². The standard InChI is InChI=1S/C32H40N4O2/c1-5-30(38)36(4)27-17-11-22(12-18-27)19-29(37)35-26-20-28(23-9-7-6-8-10-23)31(34-21-26)24-13-15-25(16-14-24)32(2,3)33/h6-10,13-16,20-22,27H,5,11-12,17-19,33H2,1-4H3,(H,35,37)/t22-,27-. The molecule has 0 bridgehead atoms. The van der Waals surface area contributed by atoms with Gasteiger partial charge in [-0.3, -0.25) is 14.6 Å². The number of carbonyl (C=O) groups is 2. The summed E-state index contributed by atoms with van der Waals surface area (Å²) in [5.74, 6) is 0.535. The van der Waals surface area contributed by atoms with E-state index in [0.29, 0.717) is 24.4 Å². The number of nitrogens with one attached hydrogen (secondary N) is 1. The Hall–Kier alpha value is -3.51. The van der Waals surface area contributed by atoms with Crippen molar-refractivity contribution in [2.45, 2.75) is 70.9 Å². The van der Waals surface area contributed by atoms with E-state index in [4.69, 9.17) is 10.7 Å². The van der Waals surface area contributed by atoms with Crippen LogP contribution in [-0.4, -0.2) is 34.8 Å². The van der Waals surface area contributed by atoms with Crippen LogP contribution in [0.25, 0.3) is 22.4 Å². The number of nitrogens with two attached hydrogens (primary N) is 1. The quantitative estimate of drug-likeness (QED) is 0.367. The first-order chi connectivity index (χ1) is 18.2. The van der Waals surface area contributed by atoms with E-state index in [0.717, 1.165) is 53.6 Å². The van der Waals surface area contributed by atoms with Gasteiger partial charge >= 0.3 is 0 Å². The topological polar surface area (TPSA) is 88.3 Å². The van der Waals surface area contributed by atoms with Gasteiger partial charge in [-0.25, -0.2) is 0 Å². The fourth-order valence-corrected chi connectivity index (χ4v) is 5.32. The zero-order valence-corrected chi connectivity index (χ0v) is 23.0. The highest BCUT2D eigenvalue weighted by molar-refractivity contribution is 5.93. The van der Waals surface area contributed by atoms with Crippen molar-refractivity contribution in [2.24, 2.45) is 11.7 Å². The van der Waals surface area contributed by atoms with Crippen molar-refractivity contribution >= 4 is 17.5 Å². The Labute approximate surface area is 226 Å². The van der Waals surface area contributed by atoms with Crippen LogP contribution in [0.4, 0.5) is 5.69 Å². The Balaban J connectivity index is 1.47. The van der Waals surface area contributed by atoms with Crippen LogP contribution < -0.4 is 11.1 Å². The van der Waals surface area contributed by atoms with Gasteiger partial charge in [0.1, 0.15) is 0 Å². The van der Waals surface area contributed by atoms with Gasteiger partial charge in [0, 0.05) is 42.6 Å². The van der Waals surface area contributed by atoms with Gasteiger partial charge in [0.25, 0.3) is 0 Å². The van der Waals surface area contributed by atoms with E-state index in [-0.39, 0.29) is 17.9 Å². The minimum absolute atomic E-state index is 0.00882. The number of benzene rings is 2. The molecule has 4 rings (SSSR count). The van der Waals surface area contributed by atoms with Gasteiger partial charge in [0.05, 0.1) is 17.6 Å². The summed E-state index contributed by atoms with van der Waals surface area (Å²) in [6, 6.07) is 20.6. The third-order valence-corrected chi connectivity index (χ3v) is 7.69. The average Bonchev–Trinajstić information content (AvgIpc) is 2.92. The molecule has 0 unspecified atom stereocenters. The van der Waals surface area contributed by atoms with Crippen molar-refractivity contribution in [2.75, 3.05) is 12.4 Å². The van der Waals surface area contributed by atoms with E-state index in [2.05, 4.69) is 29.6 Å². The minimum Gasteiger partial charge on any atom is -0.343 e. The molecule has 1 aliphatic carbocycles. The van der Waals surface area contributed by atoms with Gasteiger partial charge in [0.2, 0.25) is 11.8 Å². The van der Waals surface area contributed by atoms with E-state index < -0.39 is 5.54 Å². The van der Waals surface area contributed by atoms with Crippen molar-refractivity contribution in [1.82, 2.24) is 9.88 Å². The molecule has 0 aliphatic heterocycles. The smallest absolute Gasteiger partial charge is 0.224 e. The molecule has 0 spiro atoms. The fraction of sp³-hybridized carbons (Fsp3) is 0.406. The number of nitrogens with zero attached hydrogens (tertiary/aromatic N) is 2. The number of hydrogen-bond donors (Lipinski definition) is 2. The predicted molar refractivity (Wildman–Crippen MR) is 154 cm³/mol. The number of hydrogen-bond acceptors (Lipinski definition) is 4. The normalized spacial score (nSPS) is 17.6.